The number of benzene rings is 1. The van der Waals surface area contributed by atoms with Gasteiger partial charge in [-0.05, 0) is 24.6 Å². The quantitative estimate of drug-likeness (QED) is 0.661. The SMILES string of the molecule is CCCCCN(CCO)S(=O)(=O)c1ccc(NC(C)=O)c(Cl)c1. The number of nitrogens with one attached hydrogen (secondary N) is 1. The fraction of sp³-hybridized carbons (Fsp3) is 0.533. The summed E-state index contributed by atoms with van der Waals surface area (Å²) in [5.41, 5.74) is 0.359. The van der Waals surface area contributed by atoms with E-state index in [-0.39, 0.29) is 29.0 Å². The molecule has 130 valence electrons. The van der Waals surface area contributed by atoms with Crippen molar-refractivity contribution >= 4 is 33.2 Å². The van der Waals surface area contributed by atoms with Gasteiger partial charge in [0.25, 0.3) is 0 Å². The van der Waals surface area contributed by atoms with E-state index < -0.39 is 10.0 Å². The van der Waals surface area contributed by atoms with Crippen LogP contribution in [0.2, 0.25) is 5.02 Å². The molecule has 0 saturated heterocycles. The topological polar surface area (TPSA) is 86.7 Å². The Morgan fingerprint density at radius 3 is 2.52 bits per heavy atom. The highest BCUT2D eigenvalue weighted by atomic mass is 35.5. The van der Waals surface area contributed by atoms with Crippen LogP contribution in [-0.4, -0.2) is 43.4 Å². The Labute approximate surface area is 142 Å². The minimum absolute atomic E-state index is 0.0388. The van der Waals surface area contributed by atoms with E-state index in [4.69, 9.17) is 16.7 Å². The molecule has 1 amide bonds. The molecule has 0 bridgehead atoms. The molecule has 1 aromatic carbocycles. The summed E-state index contributed by atoms with van der Waals surface area (Å²) < 4.78 is 26.6. The van der Waals surface area contributed by atoms with E-state index in [2.05, 4.69) is 5.32 Å². The van der Waals surface area contributed by atoms with E-state index in [1.807, 2.05) is 6.92 Å². The van der Waals surface area contributed by atoms with Gasteiger partial charge in [-0.15, -0.1) is 0 Å². The minimum atomic E-state index is -3.74. The van der Waals surface area contributed by atoms with Gasteiger partial charge in [0.05, 0.1) is 22.2 Å². The van der Waals surface area contributed by atoms with Crippen molar-refractivity contribution in [3.05, 3.63) is 23.2 Å². The highest BCUT2D eigenvalue weighted by molar-refractivity contribution is 7.89. The standard InChI is InChI=1S/C15H23ClN2O4S/c1-3-4-5-8-18(9-10-19)23(21,22)13-6-7-15(14(16)11-13)17-12(2)20/h6-7,11,19H,3-5,8-10H2,1-2H3,(H,17,20). The maximum absolute atomic E-state index is 12.7. The average molecular weight is 363 g/mol. The van der Waals surface area contributed by atoms with Crippen LogP contribution in [0.1, 0.15) is 33.1 Å². The number of anilines is 1. The zero-order valence-electron chi connectivity index (χ0n) is 13.4. The summed E-state index contributed by atoms with van der Waals surface area (Å²) in [5, 5.41) is 11.8. The molecule has 0 aliphatic heterocycles. The second-order valence-electron chi connectivity index (χ2n) is 5.16. The van der Waals surface area contributed by atoms with Crippen molar-refractivity contribution in [2.45, 2.75) is 38.0 Å². The molecule has 6 nitrogen and oxygen atoms in total. The lowest BCUT2D eigenvalue weighted by Gasteiger charge is -2.21. The number of carbonyl (C=O) groups is 1. The molecule has 0 fully saturated rings. The summed E-state index contributed by atoms with van der Waals surface area (Å²) in [4.78, 5) is 11.1. The van der Waals surface area contributed by atoms with Crippen molar-refractivity contribution in [2.24, 2.45) is 0 Å². The maximum Gasteiger partial charge on any atom is 0.243 e. The van der Waals surface area contributed by atoms with Crippen molar-refractivity contribution in [3.63, 3.8) is 0 Å². The van der Waals surface area contributed by atoms with E-state index in [0.717, 1.165) is 19.3 Å². The van der Waals surface area contributed by atoms with Crippen LogP contribution < -0.4 is 5.32 Å². The molecular weight excluding hydrogens is 340 g/mol. The van der Waals surface area contributed by atoms with Gasteiger partial charge in [-0.1, -0.05) is 31.4 Å². The highest BCUT2D eigenvalue weighted by Crippen LogP contribution is 2.27. The first-order valence-corrected chi connectivity index (χ1v) is 9.32. The van der Waals surface area contributed by atoms with Crippen molar-refractivity contribution in [1.29, 1.82) is 0 Å². The van der Waals surface area contributed by atoms with E-state index in [1.54, 1.807) is 0 Å². The molecule has 0 aliphatic rings. The molecule has 0 aliphatic carbocycles. The number of aliphatic hydroxyl groups excluding tert-OH is 1. The third kappa shape index (κ3) is 5.76. The number of halogens is 1. The average Bonchev–Trinajstić information content (AvgIpc) is 2.48. The molecule has 0 unspecified atom stereocenters. The monoisotopic (exact) mass is 362 g/mol. The Morgan fingerprint density at radius 1 is 1.30 bits per heavy atom. The van der Waals surface area contributed by atoms with Crippen LogP contribution in [-0.2, 0) is 14.8 Å². The summed E-state index contributed by atoms with van der Waals surface area (Å²) in [6, 6.07) is 4.17. The van der Waals surface area contributed by atoms with Crippen LogP contribution in [0.4, 0.5) is 5.69 Å². The predicted octanol–water partition coefficient (Wildman–Crippen LogP) is 2.47. The third-order valence-electron chi connectivity index (χ3n) is 3.25. The highest BCUT2D eigenvalue weighted by Gasteiger charge is 2.24. The molecule has 2 N–H and O–H groups in total. The van der Waals surface area contributed by atoms with Crippen LogP contribution in [0.25, 0.3) is 0 Å². The summed E-state index contributed by atoms with van der Waals surface area (Å²) >= 11 is 6.04. The first-order valence-electron chi connectivity index (χ1n) is 7.51. The number of nitrogens with zero attached hydrogens (tertiary/aromatic N) is 1. The maximum atomic E-state index is 12.7. The van der Waals surface area contributed by atoms with Crippen LogP contribution in [0.3, 0.4) is 0 Å². The Kier molecular flexibility index (Phi) is 7.98. The van der Waals surface area contributed by atoms with Crippen LogP contribution in [0.5, 0.6) is 0 Å². The van der Waals surface area contributed by atoms with Gasteiger partial charge in [-0.3, -0.25) is 4.79 Å². The van der Waals surface area contributed by atoms with Gasteiger partial charge in [-0.2, -0.15) is 4.31 Å². The molecule has 0 saturated carbocycles. The lowest BCUT2D eigenvalue weighted by atomic mass is 10.2. The molecule has 0 radical (unpaired) electrons. The lowest BCUT2D eigenvalue weighted by molar-refractivity contribution is -0.114. The predicted molar refractivity (Wildman–Crippen MR) is 91.1 cm³/mol. The first kappa shape index (κ1) is 19.9. The summed E-state index contributed by atoms with van der Waals surface area (Å²) in [6.45, 7) is 3.52. The zero-order chi connectivity index (χ0) is 17.5. The van der Waals surface area contributed by atoms with Gasteiger partial charge in [0.2, 0.25) is 15.9 Å². The molecule has 0 atom stereocenters. The fourth-order valence-corrected chi connectivity index (χ4v) is 3.89. The van der Waals surface area contributed by atoms with Crippen LogP contribution in [0.15, 0.2) is 23.1 Å². The number of carbonyl (C=O) groups excluding carboxylic acids is 1. The summed E-state index contributed by atoms with van der Waals surface area (Å²) in [6.07, 6.45) is 2.62. The Balaban J connectivity index is 3.04. The van der Waals surface area contributed by atoms with Gasteiger partial charge in [-0.25, -0.2) is 8.42 Å². The van der Waals surface area contributed by atoms with Gasteiger partial charge < -0.3 is 10.4 Å². The summed E-state index contributed by atoms with van der Waals surface area (Å²) in [5.74, 6) is -0.288. The fourth-order valence-electron chi connectivity index (χ4n) is 2.10. The largest absolute Gasteiger partial charge is 0.395 e. The van der Waals surface area contributed by atoms with Crippen molar-refractivity contribution in [2.75, 3.05) is 25.0 Å². The van der Waals surface area contributed by atoms with Crippen molar-refractivity contribution in [1.82, 2.24) is 4.31 Å². The number of sulfonamides is 1. The van der Waals surface area contributed by atoms with Crippen LogP contribution >= 0.6 is 11.6 Å². The number of hydrogen-bond acceptors (Lipinski definition) is 4. The van der Waals surface area contributed by atoms with E-state index in [1.165, 1.54) is 29.4 Å². The number of unbranched alkanes of at least 4 members (excludes halogenated alkanes) is 2. The number of amides is 1. The van der Waals surface area contributed by atoms with E-state index >= 15 is 0 Å². The number of aliphatic hydroxyl groups is 1. The second kappa shape index (κ2) is 9.22. The first-order chi connectivity index (χ1) is 10.8. The second-order valence-corrected chi connectivity index (χ2v) is 7.50. The third-order valence-corrected chi connectivity index (χ3v) is 5.46. The Bertz CT molecular complexity index is 634. The molecule has 8 heteroatoms. The number of hydrogen-bond donors (Lipinski definition) is 2. The molecule has 1 rings (SSSR count). The van der Waals surface area contributed by atoms with Crippen molar-refractivity contribution in [3.8, 4) is 0 Å². The zero-order valence-corrected chi connectivity index (χ0v) is 15.0. The van der Waals surface area contributed by atoms with Gasteiger partial charge in [0, 0.05) is 20.0 Å². The van der Waals surface area contributed by atoms with E-state index in [0.29, 0.717) is 12.2 Å². The van der Waals surface area contributed by atoms with Gasteiger partial charge in [0.1, 0.15) is 0 Å². The Morgan fingerprint density at radius 2 is 2.00 bits per heavy atom. The number of rotatable bonds is 9. The van der Waals surface area contributed by atoms with Gasteiger partial charge >= 0.3 is 0 Å². The molecule has 0 heterocycles. The van der Waals surface area contributed by atoms with E-state index in [9.17, 15) is 13.2 Å². The normalized spacial score (nSPS) is 11.7. The van der Waals surface area contributed by atoms with Crippen molar-refractivity contribution < 1.29 is 18.3 Å². The molecule has 0 aromatic heterocycles. The summed E-state index contributed by atoms with van der Waals surface area (Å²) in [7, 11) is -3.74. The van der Waals surface area contributed by atoms with Gasteiger partial charge in [0.15, 0.2) is 0 Å². The molecular formula is C15H23ClN2O4S. The van der Waals surface area contributed by atoms with Crippen LogP contribution in [0, 0.1) is 0 Å². The Hall–Kier alpha value is -1.15. The smallest absolute Gasteiger partial charge is 0.243 e. The molecule has 0 spiro atoms. The molecule has 23 heavy (non-hydrogen) atoms. The molecule has 1 aromatic rings. The lowest BCUT2D eigenvalue weighted by Crippen LogP contribution is -2.34. The minimum Gasteiger partial charge on any atom is -0.395 e.